The molecule has 2 aliphatic heterocycles. The molecular weight excluding hydrogens is 342 g/mol. The van der Waals surface area contributed by atoms with Gasteiger partial charge in [-0.3, -0.25) is 0 Å². The van der Waals surface area contributed by atoms with Crippen LogP contribution in [0.1, 0.15) is 30.7 Å². The number of thioether (sulfide) groups is 1. The average Bonchev–Trinajstić information content (AvgIpc) is 2.99. The molecule has 4 rings (SSSR count). The van der Waals surface area contributed by atoms with E-state index in [0.717, 1.165) is 54.9 Å². The number of rotatable bonds is 3. The Balaban J connectivity index is 1.88. The van der Waals surface area contributed by atoms with Crippen molar-refractivity contribution < 1.29 is 9.47 Å². The number of hydrogen-bond acceptors (Lipinski definition) is 7. The number of ether oxygens (including phenoxy) is 2. The lowest BCUT2D eigenvalue weighted by molar-refractivity contribution is -0.0543. The predicted octanol–water partition coefficient (Wildman–Crippen LogP) is 3.49. The summed E-state index contributed by atoms with van der Waals surface area (Å²) in [5.74, 6) is 1.09. The van der Waals surface area contributed by atoms with Gasteiger partial charge in [0.2, 0.25) is 0 Å². The fourth-order valence-corrected chi connectivity index (χ4v) is 4.87. The lowest BCUT2D eigenvalue weighted by Gasteiger charge is -2.34. The fourth-order valence-electron chi connectivity index (χ4n) is 3.36. The Morgan fingerprint density at radius 2 is 2.08 bits per heavy atom. The largest absolute Gasteiger partial charge is 0.378 e. The summed E-state index contributed by atoms with van der Waals surface area (Å²) in [7, 11) is 0. The van der Waals surface area contributed by atoms with Gasteiger partial charge in [0.05, 0.1) is 30.8 Å². The zero-order valence-corrected chi connectivity index (χ0v) is 16.1. The van der Waals surface area contributed by atoms with Crippen molar-refractivity contribution in [2.75, 3.05) is 37.5 Å². The Labute approximate surface area is 150 Å². The van der Waals surface area contributed by atoms with Crippen LogP contribution in [0.15, 0.2) is 5.16 Å². The third kappa shape index (κ3) is 2.81. The molecule has 1 atom stereocenters. The number of hydrogen-bond donors (Lipinski definition) is 0. The molecule has 0 unspecified atom stereocenters. The Morgan fingerprint density at radius 1 is 1.29 bits per heavy atom. The summed E-state index contributed by atoms with van der Waals surface area (Å²) >= 11 is 3.38. The van der Waals surface area contributed by atoms with E-state index in [1.54, 1.807) is 23.1 Å². The monoisotopic (exact) mass is 365 g/mol. The zero-order chi connectivity index (χ0) is 16.7. The highest BCUT2D eigenvalue weighted by Gasteiger charge is 2.34. The highest BCUT2D eigenvalue weighted by Crippen LogP contribution is 2.43. The van der Waals surface area contributed by atoms with Crippen LogP contribution < -0.4 is 4.90 Å². The molecule has 0 saturated carbocycles. The van der Waals surface area contributed by atoms with Crippen LogP contribution in [0, 0.1) is 0 Å². The first-order valence-corrected chi connectivity index (χ1v) is 10.5. The van der Waals surface area contributed by atoms with Gasteiger partial charge in [-0.15, -0.1) is 11.3 Å². The Hall–Kier alpha value is -0.890. The summed E-state index contributed by atoms with van der Waals surface area (Å²) in [5, 5.41) is 2.10. The van der Waals surface area contributed by atoms with Gasteiger partial charge in [0.25, 0.3) is 0 Å². The molecule has 7 heteroatoms. The molecule has 2 aromatic heterocycles. The maximum atomic E-state index is 6.14. The topological polar surface area (TPSA) is 47.5 Å². The molecule has 1 fully saturated rings. The van der Waals surface area contributed by atoms with Crippen molar-refractivity contribution in [1.29, 1.82) is 0 Å². The van der Waals surface area contributed by atoms with Crippen LogP contribution in [-0.4, -0.2) is 48.1 Å². The Morgan fingerprint density at radius 3 is 2.79 bits per heavy atom. The number of aromatic nitrogens is 2. The van der Waals surface area contributed by atoms with E-state index in [-0.39, 0.29) is 5.60 Å². The molecule has 0 aliphatic carbocycles. The summed E-state index contributed by atoms with van der Waals surface area (Å²) in [4.78, 5) is 14.4. The third-order valence-electron chi connectivity index (χ3n) is 5.04. The maximum Gasteiger partial charge on any atom is 0.190 e. The van der Waals surface area contributed by atoms with E-state index in [4.69, 9.17) is 19.4 Å². The first kappa shape index (κ1) is 16.6. The summed E-state index contributed by atoms with van der Waals surface area (Å²) < 4.78 is 11.7. The van der Waals surface area contributed by atoms with Gasteiger partial charge in [-0.05, 0) is 25.2 Å². The van der Waals surface area contributed by atoms with E-state index < -0.39 is 0 Å². The van der Waals surface area contributed by atoms with Crippen molar-refractivity contribution >= 4 is 39.1 Å². The van der Waals surface area contributed by atoms with Crippen molar-refractivity contribution in [2.24, 2.45) is 0 Å². The molecule has 0 spiro atoms. The molecule has 0 aromatic carbocycles. The SMILES string of the molecule is CC[C@@]1(C)Cc2c(sc3nc(SC)nc(N4CCOCC4)c23)CO1. The van der Waals surface area contributed by atoms with Crippen LogP contribution in [0.2, 0.25) is 0 Å². The minimum atomic E-state index is -0.0819. The van der Waals surface area contributed by atoms with E-state index in [0.29, 0.717) is 6.61 Å². The number of morpholine rings is 1. The first-order valence-electron chi connectivity index (χ1n) is 8.46. The summed E-state index contributed by atoms with van der Waals surface area (Å²) in [5.41, 5.74) is 1.32. The second kappa shape index (κ2) is 6.44. The van der Waals surface area contributed by atoms with Gasteiger partial charge in [-0.2, -0.15) is 0 Å². The van der Waals surface area contributed by atoms with Crippen LogP contribution in [0.25, 0.3) is 10.2 Å². The normalized spacial score (nSPS) is 24.4. The van der Waals surface area contributed by atoms with E-state index in [9.17, 15) is 0 Å². The lowest BCUT2D eigenvalue weighted by atomic mass is 9.90. The number of nitrogens with zero attached hydrogens (tertiary/aromatic N) is 3. The minimum absolute atomic E-state index is 0.0819. The molecule has 0 N–H and O–H groups in total. The molecule has 0 radical (unpaired) electrons. The molecule has 24 heavy (non-hydrogen) atoms. The third-order valence-corrected chi connectivity index (χ3v) is 6.69. The lowest BCUT2D eigenvalue weighted by Crippen LogP contribution is -2.37. The highest BCUT2D eigenvalue weighted by molar-refractivity contribution is 7.98. The Bertz CT molecular complexity index is 758. The summed E-state index contributed by atoms with van der Waals surface area (Å²) in [6.07, 6.45) is 3.99. The molecular formula is C17H23N3O2S2. The standard InChI is InChI=1S/C17H23N3O2S2/c1-4-17(2)9-11-12(10-22-17)24-15-13(11)14(18-16(19-15)23-3)20-5-7-21-8-6-20/h4-10H2,1-3H3/t17-/m0/s1. The fraction of sp³-hybridized carbons (Fsp3) is 0.647. The van der Waals surface area contributed by atoms with Crippen molar-refractivity contribution in [3.05, 3.63) is 10.4 Å². The average molecular weight is 366 g/mol. The van der Waals surface area contributed by atoms with Crippen LogP contribution in [-0.2, 0) is 22.5 Å². The second-order valence-corrected chi connectivity index (χ2v) is 8.44. The molecule has 2 aliphatic rings. The minimum Gasteiger partial charge on any atom is -0.378 e. The van der Waals surface area contributed by atoms with E-state index in [1.165, 1.54) is 15.8 Å². The van der Waals surface area contributed by atoms with Gasteiger partial charge < -0.3 is 14.4 Å². The van der Waals surface area contributed by atoms with Crippen LogP contribution >= 0.6 is 23.1 Å². The van der Waals surface area contributed by atoms with Crippen molar-refractivity contribution in [1.82, 2.24) is 9.97 Å². The smallest absolute Gasteiger partial charge is 0.190 e. The van der Waals surface area contributed by atoms with Gasteiger partial charge in [-0.1, -0.05) is 18.7 Å². The molecule has 4 heterocycles. The maximum absolute atomic E-state index is 6.14. The van der Waals surface area contributed by atoms with Gasteiger partial charge in [0, 0.05) is 24.4 Å². The summed E-state index contributed by atoms with van der Waals surface area (Å²) in [6, 6.07) is 0. The first-order chi connectivity index (χ1) is 11.6. The van der Waals surface area contributed by atoms with Gasteiger partial charge in [-0.25, -0.2) is 9.97 Å². The van der Waals surface area contributed by atoms with Crippen LogP contribution in [0.5, 0.6) is 0 Å². The molecule has 2 aromatic rings. The number of thiophene rings is 1. The molecule has 0 bridgehead atoms. The quantitative estimate of drug-likeness (QED) is 0.613. The van der Waals surface area contributed by atoms with Gasteiger partial charge in [0.1, 0.15) is 10.6 Å². The van der Waals surface area contributed by atoms with Crippen LogP contribution in [0.4, 0.5) is 5.82 Å². The van der Waals surface area contributed by atoms with Crippen LogP contribution in [0.3, 0.4) is 0 Å². The van der Waals surface area contributed by atoms with Crippen molar-refractivity contribution in [3.63, 3.8) is 0 Å². The van der Waals surface area contributed by atoms with Gasteiger partial charge >= 0.3 is 0 Å². The molecule has 1 saturated heterocycles. The zero-order valence-electron chi connectivity index (χ0n) is 14.4. The van der Waals surface area contributed by atoms with E-state index in [2.05, 4.69) is 18.7 Å². The van der Waals surface area contributed by atoms with Crippen molar-refractivity contribution in [3.8, 4) is 0 Å². The molecule has 0 amide bonds. The van der Waals surface area contributed by atoms with Gasteiger partial charge in [0.15, 0.2) is 5.16 Å². The summed E-state index contributed by atoms with van der Waals surface area (Å²) in [6.45, 7) is 8.43. The second-order valence-electron chi connectivity index (χ2n) is 6.59. The van der Waals surface area contributed by atoms with Crippen molar-refractivity contribution in [2.45, 2.75) is 44.1 Å². The van der Waals surface area contributed by atoms with E-state index >= 15 is 0 Å². The van der Waals surface area contributed by atoms with E-state index in [1.807, 2.05) is 6.26 Å². The Kier molecular flexibility index (Phi) is 4.45. The predicted molar refractivity (Wildman–Crippen MR) is 99.4 cm³/mol. The highest BCUT2D eigenvalue weighted by atomic mass is 32.2. The molecule has 5 nitrogen and oxygen atoms in total. The number of fused-ring (bicyclic) bond motifs is 3. The number of anilines is 1. The molecule has 130 valence electrons.